The van der Waals surface area contributed by atoms with E-state index >= 15 is 0 Å². The van der Waals surface area contributed by atoms with Gasteiger partial charge in [-0.2, -0.15) is 0 Å². The van der Waals surface area contributed by atoms with Crippen LogP contribution in [0.5, 0.6) is 5.75 Å². The lowest BCUT2D eigenvalue weighted by molar-refractivity contribution is 0.255. The molecule has 0 atom stereocenters. The number of allylic oxidation sites excluding steroid dienone is 1. The van der Waals surface area contributed by atoms with E-state index in [4.69, 9.17) is 5.11 Å². The number of hydrogen-bond acceptors (Lipinski definition) is 2. The Morgan fingerprint density at radius 2 is 1.94 bits per heavy atom. The van der Waals surface area contributed by atoms with Crippen molar-refractivity contribution in [1.82, 2.24) is 5.32 Å². The molecule has 1 aromatic rings. The number of anilines is 1. The highest BCUT2D eigenvalue weighted by atomic mass is 16.3. The summed E-state index contributed by atoms with van der Waals surface area (Å²) in [6.07, 6.45) is 3.50. The van der Waals surface area contributed by atoms with Crippen molar-refractivity contribution in [3.8, 4) is 5.75 Å². The van der Waals surface area contributed by atoms with Crippen molar-refractivity contribution in [1.29, 1.82) is 0 Å². The van der Waals surface area contributed by atoms with E-state index in [1.807, 2.05) is 19.9 Å². The van der Waals surface area contributed by atoms with Gasteiger partial charge in [-0.3, -0.25) is 0 Å². The summed E-state index contributed by atoms with van der Waals surface area (Å²) in [5.74, 6) is 0.569. The number of carbonyl (C=O) groups is 1. The molecule has 0 aliphatic heterocycles. The molecule has 0 fully saturated rings. The number of phenolic OH excluding ortho intramolecular Hbond substituents is 1. The van der Waals surface area contributed by atoms with Gasteiger partial charge in [0.05, 0.1) is 0 Å². The van der Waals surface area contributed by atoms with Crippen LogP contribution in [0.25, 0.3) is 0 Å². The molecule has 1 rings (SSSR count). The first-order valence-electron chi connectivity index (χ1n) is 5.11. The number of nitrogens with one attached hydrogen (secondary N) is 2. The third kappa shape index (κ3) is 4.50. The van der Waals surface area contributed by atoms with Crippen LogP contribution < -0.4 is 10.6 Å². The van der Waals surface area contributed by atoms with E-state index in [-0.39, 0.29) is 11.8 Å². The SMILES string of the molecule is CC(C)/C=C/NC(=O)Nc1ccc(O)cc1. The van der Waals surface area contributed by atoms with Gasteiger partial charge in [-0.25, -0.2) is 4.79 Å². The molecule has 1 aromatic carbocycles. The second-order valence-corrected chi connectivity index (χ2v) is 3.75. The third-order valence-corrected chi connectivity index (χ3v) is 1.82. The number of hydrogen-bond donors (Lipinski definition) is 3. The first kappa shape index (κ1) is 12.1. The van der Waals surface area contributed by atoms with Crippen molar-refractivity contribution in [3.05, 3.63) is 36.5 Å². The number of aromatic hydroxyl groups is 1. The van der Waals surface area contributed by atoms with Gasteiger partial charge in [0.1, 0.15) is 5.75 Å². The van der Waals surface area contributed by atoms with Crippen molar-refractivity contribution >= 4 is 11.7 Å². The van der Waals surface area contributed by atoms with Crippen LogP contribution in [0.1, 0.15) is 13.8 Å². The van der Waals surface area contributed by atoms with Crippen molar-refractivity contribution in [3.63, 3.8) is 0 Å². The first-order valence-corrected chi connectivity index (χ1v) is 5.11. The van der Waals surface area contributed by atoms with Gasteiger partial charge in [0.2, 0.25) is 0 Å². The summed E-state index contributed by atoms with van der Waals surface area (Å²) in [6.45, 7) is 4.05. The fourth-order valence-electron chi connectivity index (χ4n) is 1.03. The van der Waals surface area contributed by atoms with E-state index in [2.05, 4.69) is 10.6 Å². The normalized spacial score (nSPS) is 10.7. The minimum Gasteiger partial charge on any atom is -0.508 e. The van der Waals surface area contributed by atoms with Crippen LogP contribution in [0.4, 0.5) is 10.5 Å². The largest absolute Gasteiger partial charge is 0.508 e. The summed E-state index contributed by atoms with van der Waals surface area (Å²) >= 11 is 0. The minimum absolute atomic E-state index is 0.172. The molecule has 3 N–H and O–H groups in total. The molecule has 0 saturated heterocycles. The zero-order valence-electron chi connectivity index (χ0n) is 9.40. The van der Waals surface area contributed by atoms with E-state index < -0.39 is 0 Å². The summed E-state index contributed by atoms with van der Waals surface area (Å²) in [7, 11) is 0. The van der Waals surface area contributed by atoms with E-state index in [9.17, 15) is 4.79 Å². The molecule has 0 aliphatic rings. The maximum Gasteiger partial charge on any atom is 0.323 e. The Morgan fingerprint density at radius 3 is 2.50 bits per heavy atom. The van der Waals surface area contributed by atoms with E-state index in [0.717, 1.165) is 0 Å². The molecule has 0 aliphatic carbocycles. The monoisotopic (exact) mass is 220 g/mol. The Hall–Kier alpha value is -1.97. The molecule has 0 saturated carbocycles. The predicted molar refractivity (Wildman–Crippen MR) is 64.2 cm³/mol. The number of carbonyl (C=O) groups excluding carboxylic acids is 1. The van der Waals surface area contributed by atoms with Gasteiger partial charge in [0, 0.05) is 11.9 Å². The number of phenols is 1. The van der Waals surface area contributed by atoms with Crippen LogP contribution >= 0.6 is 0 Å². The summed E-state index contributed by atoms with van der Waals surface area (Å²) in [6, 6.07) is 5.98. The Morgan fingerprint density at radius 1 is 1.31 bits per heavy atom. The van der Waals surface area contributed by atoms with Crippen molar-refractivity contribution < 1.29 is 9.90 Å². The summed E-state index contributed by atoms with van der Waals surface area (Å²) in [5.41, 5.74) is 0.633. The number of rotatable bonds is 3. The van der Waals surface area contributed by atoms with Crippen LogP contribution in [0.2, 0.25) is 0 Å². The molecule has 4 nitrogen and oxygen atoms in total. The molecule has 0 heterocycles. The Labute approximate surface area is 95.0 Å². The number of urea groups is 1. The molecule has 0 aromatic heterocycles. The Balaban J connectivity index is 2.43. The zero-order valence-corrected chi connectivity index (χ0v) is 9.40. The lowest BCUT2D eigenvalue weighted by atomic mass is 10.2. The highest BCUT2D eigenvalue weighted by Crippen LogP contribution is 2.13. The molecular formula is C12H16N2O2. The molecule has 0 bridgehead atoms. The molecule has 2 amide bonds. The van der Waals surface area contributed by atoms with Crippen LogP contribution in [0.15, 0.2) is 36.5 Å². The molecule has 0 unspecified atom stereocenters. The number of amides is 2. The van der Waals surface area contributed by atoms with Gasteiger partial charge in [0.25, 0.3) is 0 Å². The summed E-state index contributed by atoms with van der Waals surface area (Å²) in [5, 5.41) is 14.3. The molecule has 0 spiro atoms. The van der Waals surface area contributed by atoms with E-state index in [1.165, 1.54) is 12.1 Å². The van der Waals surface area contributed by atoms with Crippen molar-refractivity contribution in [2.45, 2.75) is 13.8 Å². The Kier molecular flexibility index (Phi) is 4.39. The lowest BCUT2D eigenvalue weighted by Crippen LogP contribution is -2.23. The Bertz CT molecular complexity index is 369. The summed E-state index contributed by atoms with van der Waals surface area (Å²) < 4.78 is 0. The fraction of sp³-hybridized carbons (Fsp3) is 0.250. The van der Waals surface area contributed by atoms with Crippen LogP contribution in [0.3, 0.4) is 0 Å². The highest BCUT2D eigenvalue weighted by Gasteiger charge is 1.98. The third-order valence-electron chi connectivity index (χ3n) is 1.82. The molecule has 16 heavy (non-hydrogen) atoms. The van der Waals surface area contributed by atoms with Gasteiger partial charge in [-0.15, -0.1) is 0 Å². The smallest absolute Gasteiger partial charge is 0.323 e. The second kappa shape index (κ2) is 5.80. The van der Waals surface area contributed by atoms with E-state index in [0.29, 0.717) is 11.6 Å². The quantitative estimate of drug-likeness (QED) is 0.686. The average Bonchev–Trinajstić information content (AvgIpc) is 2.21. The van der Waals surface area contributed by atoms with Gasteiger partial charge in [-0.05, 0) is 30.2 Å². The molecule has 4 heteroatoms. The highest BCUT2D eigenvalue weighted by molar-refractivity contribution is 5.89. The average molecular weight is 220 g/mol. The summed E-state index contributed by atoms with van der Waals surface area (Å²) in [4.78, 5) is 11.3. The standard InChI is InChI=1S/C12H16N2O2/c1-9(2)7-8-13-12(16)14-10-3-5-11(15)6-4-10/h3-9,15H,1-2H3,(H2,13,14,16)/b8-7+. The van der Waals surface area contributed by atoms with Gasteiger partial charge in [0.15, 0.2) is 0 Å². The van der Waals surface area contributed by atoms with Crippen LogP contribution in [-0.2, 0) is 0 Å². The zero-order chi connectivity index (χ0) is 12.0. The maximum atomic E-state index is 11.3. The first-order chi connectivity index (χ1) is 7.58. The number of benzene rings is 1. The second-order valence-electron chi connectivity index (χ2n) is 3.75. The maximum absolute atomic E-state index is 11.3. The molecular weight excluding hydrogens is 204 g/mol. The van der Waals surface area contributed by atoms with Crippen molar-refractivity contribution in [2.75, 3.05) is 5.32 Å². The van der Waals surface area contributed by atoms with Crippen LogP contribution in [-0.4, -0.2) is 11.1 Å². The minimum atomic E-state index is -0.303. The van der Waals surface area contributed by atoms with Gasteiger partial charge in [-0.1, -0.05) is 19.9 Å². The molecule has 0 radical (unpaired) electrons. The topological polar surface area (TPSA) is 61.4 Å². The predicted octanol–water partition coefficient (Wildman–Crippen LogP) is 2.68. The lowest BCUT2D eigenvalue weighted by Gasteiger charge is -2.04. The fourth-order valence-corrected chi connectivity index (χ4v) is 1.03. The van der Waals surface area contributed by atoms with Crippen molar-refractivity contribution in [2.24, 2.45) is 5.92 Å². The molecule has 86 valence electrons. The van der Waals surface area contributed by atoms with Gasteiger partial charge < -0.3 is 15.7 Å². The van der Waals surface area contributed by atoms with Gasteiger partial charge >= 0.3 is 6.03 Å². The van der Waals surface area contributed by atoms with E-state index in [1.54, 1.807) is 18.3 Å². The van der Waals surface area contributed by atoms with Crippen LogP contribution in [0, 0.1) is 5.92 Å².